The van der Waals surface area contributed by atoms with E-state index in [4.69, 9.17) is 10.5 Å². The molecule has 108 valence electrons. The normalized spacial score (nSPS) is 15.3. The minimum Gasteiger partial charge on any atom is -0.399 e. The maximum atomic E-state index is 6.12. The minimum atomic E-state index is 0.164. The lowest BCUT2D eigenvalue weighted by atomic mass is 9.84. The SMILES string of the molecule is CCC(OC)C(C)Cc1cc(C(C)(C)C)ccc1N. The lowest BCUT2D eigenvalue weighted by Crippen LogP contribution is -2.22. The number of rotatable bonds is 5. The van der Waals surface area contributed by atoms with Gasteiger partial charge in [0, 0.05) is 12.8 Å². The quantitative estimate of drug-likeness (QED) is 0.809. The van der Waals surface area contributed by atoms with Crippen LogP contribution in [0.3, 0.4) is 0 Å². The summed E-state index contributed by atoms with van der Waals surface area (Å²) >= 11 is 0. The van der Waals surface area contributed by atoms with Crippen LogP contribution in [0.25, 0.3) is 0 Å². The third-order valence-corrected chi connectivity index (χ3v) is 3.89. The fourth-order valence-corrected chi connectivity index (χ4v) is 2.53. The molecule has 2 N–H and O–H groups in total. The number of benzene rings is 1. The molecule has 0 fully saturated rings. The highest BCUT2D eigenvalue weighted by Gasteiger charge is 2.19. The first-order valence-electron chi connectivity index (χ1n) is 7.21. The van der Waals surface area contributed by atoms with E-state index in [0.717, 1.165) is 18.5 Å². The zero-order valence-electron chi connectivity index (χ0n) is 13.3. The third-order valence-electron chi connectivity index (χ3n) is 3.89. The van der Waals surface area contributed by atoms with Crippen LogP contribution in [0.5, 0.6) is 0 Å². The van der Waals surface area contributed by atoms with E-state index in [0.29, 0.717) is 12.0 Å². The highest BCUT2D eigenvalue weighted by Crippen LogP contribution is 2.28. The standard InChI is InChI=1S/C17H29NO/c1-7-16(19-6)12(2)10-13-11-14(17(3,4)5)8-9-15(13)18/h8-9,11-12,16H,7,10,18H2,1-6H3. The molecule has 0 aromatic heterocycles. The number of hydrogen-bond acceptors (Lipinski definition) is 2. The molecule has 1 aromatic rings. The zero-order valence-corrected chi connectivity index (χ0v) is 13.3. The van der Waals surface area contributed by atoms with Gasteiger partial charge in [-0.2, -0.15) is 0 Å². The van der Waals surface area contributed by atoms with Crippen molar-refractivity contribution in [2.45, 2.75) is 59.0 Å². The van der Waals surface area contributed by atoms with Crippen LogP contribution >= 0.6 is 0 Å². The molecule has 0 spiro atoms. The van der Waals surface area contributed by atoms with Gasteiger partial charge in [0.15, 0.2) is 0 Å². The molecule has 0 aliphatic carbocycles. The fourth-order valence-electron chi connectivity index (χ4n) is 2.53. The van der Waals surface area contributed by atoms with Gasteiger partial charge in [-0.25, -0.2) is 0 Å². The number of nitrogens with two attached hydrogens (primary N) is 1. The molecule has 0 amide bonds. The lowest BCUT2D eigenvalue weighted by Gasteiger charge is -2.24. The molecule has 0 bridgehead atoms. The number of ether oxygens (including phenoxy) is 1. The summed E-state index contributed by atoms with van der Waals surface area (Å²) in [4.78, 5) is 0. The van der Waals surface area contributed by atoms with Crippen molar-refractivity contribution in [2.24, 2.45) is 5.92 Å². The summed E-state index contributed by atoms with van der Waals surface area (Å²) in [6.45, 7) is 11.1. The van der Waals surface area contributed by atoms with Crippen LogP contribution in [0.15, 0.2) is 18.2 Å². The molecule has 0 aliphatic heterocycles. The Kier molecular flexibility index (Phi) is 5.42. The summed E-state index contributed by atoms with van der Waals surface area (Å²) < 4.78 is 5.53. The van der Waals surface area contributed by atoms with Gasteiger partial charge in [0.25, 0.3) is 0 Å². The Morgan fingerprint density at radius 2 is 1.89 bits per heavy atom. The first-order chi connectivity index (χ1) is 8.79. The Balaban J connectivity index is 2.94. The predicted octanol–water partition coefficient (Wildman–Crippen LogP) is 4.17. The maximum absolute atomic E-state index is 6.12. The number of hydrogen-bond donors (Lipinski definition) is 1. The van der Waals surface area contributed by atoms with Crippen molar-refractivity contribution in [3.05, 3.63) is 29.3 Å². The van der Waals surface area contributed by atoms with Crippen LogP contribution in [-0.4, -0.2) is 13.2 Å². The Labute approximate surface area is 118 Å². The Hall–Kier alpha value is -1.02. The van der Waals surface area contributed by atoms with Gasteiger partial charge < -0.3 is 10.5 Å². The van der Waals surface area contributed by atoms with Crippen LogP contribution in [0.4, 0.5) is 5.69 Å². The molecule has 1 rings (SSSR count). The topological polar surface area (TPSA) is 35.2 Å². The van der Waals surface area contributed by atoms with Crippen LogP contribution in [-0.2, 0) is 16.6 Å². The molecular formula is C17H29NO. The van der Waals surface area contributed by atoms with Crippen LogP contribution in [0, 0.1) is 5.92 Å². The van der Waals surface area contributed by atoms with Gasteiger partial charge >= 0.3 is 0 Å². The van der Waals surface area contributed by atoms with E-state index in [9.17, 15) is 0 Å². The molecule has 0 radical (unpaired) electrons. The Morgan fingerprint density at radius 1 is 1.26 bits per heavy atom. The van der Waals surface area contributed by atoms with Crippen molar-refractivity contribution in [1.82, 2.24) is 0 Å². The molecule has 2 nitrogen and oxygen atoms in total. The third kappa shape index (κ3) is 4.24. The molecule has 0 saturated carbocycles. The highest BCUT2D eigenvalue weighted by molar-refractivity contribution is 5.50. The van der Waals surface area contributed by atoms with E-state index in [1.807, 2.05) is 6.07 Å². The molecule has 2 heteroatoms. The predicted molar refractivity (Wildman–Crippen MR) is 83.5 cm³/mol. The molecule has 19 heavy (non-hydrogen) atoms. The highest BCUT2D eigenvalue weighted by atomic mass is 16.5. The average molecular weight is 263 g/mol. The number of anilines is 1. The summed E-state index contributed by atoms with van der Waals surface area (Å²) in [5.74, 6) is 0.479. The van der Waals surface area contributed by atoms with E-state index < -0.39 is 0 Å². The van der Waals surface area contributed by atoms with E-state index >= 15 is 0 Å². The van der Waals surface area contributed by atoms with Crippen molar-refractivity contribution in [1.29, 1.82) is 0 Å². The molecular weight excluding hydrogens is 234 g/mol. The van der Waals surface area contributed by atoms with Gasteiger partial charge in [0.2, 0.25) is 0 Å². The molecule has 0 aliphatic rings. The van der Waals surface area contributed by atoms with Gasteiger partial charge in [-0.3, -0.25) is 0 Å². The first kappa shape index (κ1) is 16.0. The second kappa shape index (κ2) is 6.42. The molecule has 0 saturated heterocycles. The van der Waals surface area contributed by atoms with Gasteiger partial charge in [-0.1, -0.05) is 46.8 Å². The van der Waals surface area contributed by atoms with Crippen molar-refractivity contribution < 1.29 is 4.74 Å². The summed E-state index contributed by atoms with van der Waals surface area (Å²) in [6.07, 6.45) is 2.32. The number of nitrogen functional groups attached to an aromatic ring is 1. The van der Waals surface area contributed by atoms with Crippen LogP contribution in [0.1, 0.15) is 52.2 Å². The summed E-state index contributed by atoms with van der Waals surface area (Å²) in [7, 11) is 1.79. The van der Waals surface area contributed by atoms with Crippen LogP contribution < -0.4 is 5.73 Å². The van der Waals surface area contributed by atoms with Crippen molar-refractivity contribution in [3.63, 3.8) is 0 Å². The number of methoxy groups -OCH3 is 1. The smallest absolute Gasteiger partial charge is 0.0597 e. The Bertz CT molecular complexity index is 402. The van der Waals surface area contributed by atoms with E-state index in [-0.39, 0.29) is 5.41 Å². The fraction of sp³-hybridized carbons (Fsp3) is 0.647. The van der Waals surface area contributed by atoms with Crippen molar-refractivity contribution in [2.75, 3.05) is 12.8 Å². The first-order valence-corrected chi connectivity index (χ1v) is 7.21. The molecule has 2 atom stereocenters. The van der Waals surface area contributed by atoms with Gasteiger partial charge in [0.05, 0.1) is 6.10 Å². The van der Waals surface area contributed by atoms with Gasteiger partial charge in [-0.15, -0.1) is 0 Å². The van der Waals surface area contributed by atoms with Crippen LogP contribution in [0.2, 0.25) is 0 Å². The summed E-state index contributed by atoms with van der Waals surface area (Å²) in [6, 6.07) is 6.43. The van der Waals surface area contributed by atoms with E-state index in [2.05, 4.69) is 46.8 Å². The largest absolute Gasteiger partial charge is 0.399 e. The van der Waals surface area contributed by atoms with Crippen molar-refractivity contribution in [3.8, 4) is 0 Å². The second-order valence-corrected chi connectivity index (χ2v) is 6.53. The van der Waals surface area contributed by atoms with E-state index in [1.54, 1.807) is 7.11 Å². The molecule has 0 heterocycles. The minimum absolute atomic E-state index is 0.164. The maximum Gasteiger partial charge on any atom is 0.0597 e. The summed E-state index contributed by atoms with van der Waals surface area (Å²) in [5, 5.41) is 0. The lowest BCUT2D eigenvalue weighted by molar-refractivity contribution is 0.0558. The van der Waals surface area contributed by atoms with Gasteiger partial charge in [-0.05, 0) is 41.4 Å². The molecule has 1 aromatic carbocycles. The van der Waals surface area contributed by atoms with Gasteiger partial charge in [0.1, 0.15) is 0 Å². The summed E-state index contributed by atoms with van der Waals surface area (Å²) in [5.41, 5.74) is 9.77. The molecule has 2 unspecified atom stereocenters. The van der Waals surface area contributed by atoms with Crippen molar-refractivity contribution >= 4 is 5.69 Å². The van der Waals surface area contributed by atoms with E-state index in [1.165, 1.54) is 11.1 Å². The monoisotopic (exact) mass is 263 g/mol. The second-order valence-electron chi connectivity index (χ2n) is 6.53. The average Bonchev–Trinajstić information content (AvgIpc) is 2.32. The Morgan fingerprint density at radius 3 is 2.37 bits per heavy atom. The zero-order chi connectivity index (χ0) is 14.6.